The fraction of sp³-hybridized carbons (Fsp3) is 0.379. The summed E-state index contributed by atoms with van der Waals surface area (Å²) in [5.41, 5.74) is 3.23. The van der Waals surface area contributed by atoms with Gasteiger partial charge in [-0.1, -0.05) is 61.9 Å². The van der Waals surface area contributed by atoms with Gasteiger partial charge in [0.1, 0.15) is 0 Å². The highest BCUT2D eigenvalue weighted by Gasteiger charge is 2.23. The summed E-state index contributed by atoms with van der Waals surface area (Å²) < 4.78 is 12.4. The molecule has 1 aliphatic heterocycles. The van der Waals surface area contributed by atoms with E-state index in [4.69, 9.17) is 9.47 Å². The van der Waals surface area contributed by atoms with Gasteiger partial charge in [0, 0.05) is 24.8 Å². The van der Waals surface area contributed by atoms with Crippen molar-refractivity contribution >= 4 is 5.91 Å². The fourth-order valence-electron chi connectivity index (χ4n) is 4.14. The molecule has 0 unspecified atom stereocenters. The number of amides is 1. The van der Waals surface area contributed by atoms with Gasteiger partial charge in [0.2, 0.25) is 11.8 Å². The van der Waals surface area contributed by atoms with E-state index in [0.29, 0.717) is 43.6 Å². The lowest BCUT2D eigenvalue weighted by Crippen LogP contribution is -2.37. The molecule has 35 heavy (non-hydrogen) atoms. The Bertz CT molecular complexity index is 1130. The highest BCUT2D eigenvalue weighted by atomic mass is 16.5. The van der Waals surface area contributed by atoms with Crippen LogP contribution in [0.4, 0.5) is 0 Å². The van der Waals surface area contributed by atoms with E-state index < -0.39 is 0 Å². The van der Waals surface area contributed by atoms with Crippen molar-refractivity contribution in [3.63, 3.8) is 0 Å². The Hall–Kier alpha value is -3.38. The topological polar surface area (TPSA) is 63.7 Å². The van der Waals surface area contributed by atoms with Crippen LogP contribution in [0, 0.1) is 12.3 Å². The number of ether oxygens (including phenoxy) is 2. The molecule has 2 aromatic carbocycles. The number of nitrogens with zero attached hydrogens (tertiary/aromatic N) is 2. The van der Waals surface area contributed by atoms with Crippen LogP contribution in [0.25, 0.3) is 0 Å². The Morgan fingerprint density at radius 2 is 1.83 bits per heavy atom. The third-order valence-corrected chi connectivity index (χ3v) is 6.22. The molecule has 0 spiro atoms. The second-order valence-electron chi connectivity index (χ2n) is 10.0. The lowest BCUT2D eigenvalue weighted by atomic mass is 9.88. The highest BCUT2D eigenvalue weighted by molar-refractivity contribution is 5.78. The maximum Gasteiger partial charge on any atom is 0.234 e. The summed E-state index contributed by atoms with van der Waals surface area (Å²) in [5.74, 6) is 1.90. The normalized spacial score (nSPS) is 16.2. The highest BCUT2D eigenvalue weighted by Crippen LogP contribution is 2.34. The van der Waals surface area contributed by atoms with Gasteiger partial charge in [-0.3, -0.25) is 9.69 Å². The number of para-hydroxylation sites is 2. The number of rotatable bonds is 4. The van der Waals surface area contributed by atoms with E-state index in [1.54, 1.807) is 6.20 Å². The third kappa shape index (κ3) is 7.30. The molecule has 0 radical (unpaired) electrons. The number of hydrogen-bond acceptors (Lipinski definition) is 5. The first-order valence-corrected chi connectivity index (χ1v) is 12.3. The Balaban J connectivity index is 1.51. The molecular weight excluding hydrogens is 438 g/mol. The van der Waals surface area contributed by atoms with E-state index >= 15 is 0 Å². The number of aromatic nitrogens is 1. The van der Waals surface area contributed by atoms with E-state index in [9.17, 15) is 4.79 Å². The molecular formula is C29H35N3O3. The van der Waals surface area contributed by atoms with E-state index in [0.717, 1.165) is 30.5 Å². The summed E-state index contributed by atoms with van der Waals surface area (Å²) in [4.78, 5) is 19.5. The molecule has 4 rings (SSSR count). The average molecular weight is 474 g/mol. The molecule has 0 saturated carbocycles. The number of nitrogens with one attached hydrogen (secondary N) is 1. The first-order chi connectivity index (χ1) is 16.9. The van der Waals surface area contributed by atoms with E-state index in [2.05, 4.69) is 60.2 Å². The molecule has 0 fully saturated rings. The SMILES string of the molecule is Cc1ccc(CNC(=O)CN2CCCC(C)(C)COc3ccccc3Oc3ncccc3C2)cc1. The summed E-state index contributed by atoms with van der Waals surface area (Å²) in [6.07, 6.45) is 3.67. The Labute approximate surface area is 208 Å². The van der Waals surface area contributed by atoms with Crippen LogP contribution in [0.3, 0.4) is 0 Å². The zero-order valence-corrected chi connectivity index (χ0v) is 20.9. The van der Waals surface area contributed by atoms with Gasteiger partial charge in [0.15, 0.2) is 11.5 Å². The van der Waals surface area contributed by atoms with Gasteiger partial charge in [-0.2, -0.15) is 0 Å². The second-order valence-corrected chi connectivity index (χ2v) is 10.0. The summed E-state index contributed by atoms with van der Waals surface area (Å²) in [6, 6.07) is 19.8. The first-order valence-electron chi connectivity index (χ1n) is 12.3. The molecule has 6 nitrogen and oxygen atoms in total. The molecule has 1 aliphatic rings. The van der Waals surface area contributed by atoms with E-state index in [1.165, 1.54) is 5.56 Å². The minimum Gasteiger partial charge on any atom is -0.489 e. The molecule has 2 heterocycles. The van der Waals surface area contributed by atoms with Crippen LogP contribution < -0.4 is 14.8 Å². The predicted molar refractivity (Wildman–Crippen MR) is 138 cm³/mol. The average Bonchev–Trinajstić information content (AvgIpc) is 2.84. The molecule has 1 aromatic heterocycles. The number of fused-ring (bicyclic) bond motifs is 2. The van der Waals surface area contributed by atoms with Crippen LogP contribution in [0.5, 0.6) is 17.4 Å². The Morgan fingerprint density at radius 3 is 2.63 bits per heavy atom. The molecule has 1 N–H and O–H groups in total. The zero-order valence-electron chi connectivity index (χ0n) is 20.9. The van der Waals surface area contributed by atoms with Gasteiger partial charge < -0.3 is 14.8 Å². The maximum absolute atomic E-state index is 12.9. The quantitative estimate of drug-likeness (QED) is 0.542. The predicted octanol–water partition coefficient (Wildman–Crippen LogP) is 5.50. The van der Waals surface area contributed by atoms with Crippen molar-refractivity contribution in [3.05, 3.63) is 83.6 Å². The van der Waals surface area contributed by atoms with Gasteiger partial charge in [-0.05, 0) is 55.5 Å². The van der Waals surface area contributed by atoms with Crippen molar-refractivity contribution in [1.29, 1.82) is 0 Å². The standard InChI is InChI=1S/C29H35N3O3/c1-22-11-13-23(14-12-22)18-31-27(33)20-32-17-7-15-29(2,3)21-34-25-9-4-5-10-26(25)35-28-24(19-32)8-6-16-30-28/h4-6,8-14,16H,7,15,17-21H2,1-3H3,(H,31,33). The van der Waals surface area contributed by atoms with Crippen LogP contribution in [-0.2, 0) is 17.9 Å². The summed E-state index contributed by atoms with van der Waals surface area (Å²) in [6.45, 7) is 9.27. The number of benzene rings is 2. The van der Waals surface area contributed by atoms with Crippen molar-refractivity contribution in [2.45, 2.75) is 46.7 Å². The van der Waals surface area contributed by atoms with Gasteiger partial charge in [-0.15, -0.1) is 0 Å². The number of carbonyl (C=O) groups is 1. The van der Waals surface area contributed by atoms with Crippen molar-refractivity contribution in [1.82, 2.24) is 15.2 Å². The van der Waals surface area contributed by atoms with Crippen LogP contribution in [-0.4, -0.2) is 35.5 Å². The van der Waals surface area contributed by atoms with Crippen molar-refractivity contribution < 1.29 is 14.3 Å². The van der Waals surface area contributed by atoms with E-state index in [-0.39, 0.29) is 11.3 Å². The lowest BCUT2D eigenvalue weighted by molar-refractivity contribution is -0.122. The molecule has 184 valence electrons. The summed E-state index contributed by atoms with van der Waals surface area (Å²) >= 11 is 0. The zero-order chi connectivity index (χ0) is 24.7. The Kier molecular flexibility index (Phi) is 8.03. The van der Waals surface area contributed by atoms with Gasteiger partial charge >= 0.3 is 0 Å². The summed E-state index contributed by atoms with van der Waals surface area (Å²) in [7, 11) is 0. The molecule has 3 aromatic rings. The van der Waals surface area contributed by atoms with Crippen molar-refractivity contribution in [2.24, 2.45) is 5.41 Å². The monoisotopic (exact) mass is 473 g/mol. The summed E-state index contributed by atoms with van der Waals surface area (Å²) in [5, 5.41) is 3.07. The first kappa shape index (κ1) is 24.7. The molecule has 6 heteroatoms. The number of aryl methyl sites for hydroxylation is 1. The van der Waals surface area contributed by atoms with Crippen molar-refractivity contribution in [3.8, 4) is 17.4 Å². The fourth-order valence-corrected chi connectivity index (χ4v) is 4.14. The lowest BCUT2D eigenvalue weighted by Gasteiger charge is -2.27. The number of pyridine rings is 1. The van der Waals surface area contributed by atoms with Crippen LogP contribution in [0.15, 0.2) is 66.9 Å². The smallest absolute Gasteiger partial charge is 0.234 e. The van der Waals surface area contributed by atoms with Crippen molar-refractivity contribution in [2.75, 3.05) is 19.7 Å². The Morgan fingerprint density at radius 1 is 1.06 bits per heavy atom. The van der Waals surface area contributed by atoms with Crippen LogP contribution in [0.1, 0.15) is 43.4 Å². The van der Waals surface area contributed by atoms with Gasteiger partial charge in [0.05, 0.1) is 13.2 Å². The molecule has 0 atom stereocenters. The minimum absolute atomic E-state index is 0.00830. The van der Waals surface area contributed by atoms with Crippen LogP contribution in [0.2, 0.25) is 0 Å². The second kappa shape index (κ2) is 11.4. The number of carbonyl (C=O) groups excluding carboxylic acids is 1. The molecule has 1 amide bonds. The van der Waals surface area contributed by atoms with Gasteiger partial charge in [-0.25, -0.2) is 4.98 Å². The molecule has 0 saturated heterocycles. The molecule has 0 aliphatic carbocycles. The third-order valence-electron chi connectivity index (χ3n) is 6.22. The van der Waals surface area contributed by atoms with Crippen LogP contribution >= 0.6 is 0 Å². The van der Waals surface area contributed by atoms with E-state index in [1.807, 2.05) is 36.4 Å². The van der Waals surface area contributed by atoms with Gasteiger partial charge in [0.25, 0.3) is 0 Å². The maximum atomic E-state index is 12.9. The minimum atomic E-state index is -0.00830. The largest absolute Gasteiger partial charge is 0.489 e. The molecule has 0 bridgehead atoms. The number of hydrogen-bond donors (Lipinski definition) is 1.